The maximum atomic E-state index is 5.48. The van der Waals surface area contributed by atoms with Crippen LogP contribution in [0.3, 0.4) is 0 Å². The van der Waals surface area contributed by atoms with Crippen molar-refractivity contribution in [1.29, 1.82) is 0 Å². The van der Waals surface area contributed by atoms with Gasteiger partial charge in [0.15, 0.2) is 0 Å². The third-order valence-corrected chi connectivity index (χ3v) is 5.01. The van der Waals surface area contributed by atoms with Gasteiger partial charge in [-0.2, -0.15) is 11.8 Å². The monoisotopic (exact) mass is 284 g/mol. The molecular formula is C12H20N4S2. The van der Waals surface area contributed by atoms with Crippen molar-refractivity contribution in [3.05, 3.63) is 18.1 Å². The summed E-state index contributed by atoms with van der Waals surface area (Å²) in [5, 5.41) is 3.33. The van der Waals surface area contributed by atoms with Crippen molar-refractivity contribution < 1.29 is 0 Å². The Bertz CT molecular complexity index is 379. The Morgan fingerprint density at radius 2 is 2.06 bits per heavy atom. The maximum absolute atomic E-state index is 5.48. The van der Waals surface area contributed by atoms with E-state index in [2.05, 4.69) is 35.4 Å². The van der Waals surface area contributed by atoms with Crippen molar-refractivity contribution in [2.75, 3.05) is 18.1 Å². The number of thioether (sulfide) groups is 1. The summed E-state index contributed by atoms with van der Waals surface area (Å²) in [4.78, 5) is 8.69. The summed E-state index contributed by atoms with van der Waals surface area (Å²) in [7, 11) is 0. The molecule has 1 aromatic heterocycles. The molecule has 1 heterocycles. The van der Waals surface area contributed by atoms with Crippen LogP contribution < -0.4 is 11.1 Å². The molecule has 3 N–H and O–H groups in total. The molecule has 0 amide bonds. The SMILES string of the molecule is CCC(CC)(CNc1cnc(C(N)=S)cn1)SC. The molecule has 0 saturated carbocycles. The van der Waals surface area contributed by atoms with Gasteiger partial charge in [0.25, 0.3) is 0 Å². The van der Waals surface area contributed by atoms with Gasteiger partial charge in [0, 0.05) is 11.3 Å². The van der Waals surface area contributed by atoms with Crippen LogP contribution in [0, 0.1) is 0 Å². The third-order valence-electron chi connectivity index (χ3n) is 3.22. The number of nitrogens with zero attached hydrogens (tertiary/aromatic N) is 2. The van der Waals surface area contributed by atoms with Crippen LogP contribution in [0.5, 0.6) is 0 Å². The Labute approximate surface area is 118 Å². The van der Waals surface area contributed by atoms with Gasteiger partial charge in [-0.05, 0) is 19.1 Å². The van der Waals surface area contributed by atoms with Gasteiger partial charge < -0.3 is 11.1 Å². The zero-order valence-electron chi connectivity index (χ0n) is 11.1. The molecule has 0 radical (unpaired) electrons. The molecule has 0 aliphatic rings. The number of thiocarbonyl (C=S) groups is 1. The highest BCUT2D eigenvalue weighted by molar-refractivity contribution is 8.00. The average molecular weight is 284 g/mol. The summed E-state index contributed by atoms with van der Waals surface area (Å²) >= 11 is 6.73. The fourth-order valence-electron chi connectivity index (χ4n) is 1.66. The first kappa shape index (κ1) is 15.2. The van der Waals surface area contributed by atoms with Crippen LogP contribution in [0.15, 0.2) is 12.4 Å². The quantitative estimate of drug-likeness (QED) is 0.750. The first-order valence-corrected chi connectivity index (χ1v) is 7.61. The largest absolute Gasteiger partial charge is 0.388 e. The second-order valence-electron chi connectivity index (χ2n) is 4.10. The number of aromatic nitrogens is 2. The standard InChI is InChI=1S/C12H20N4S2/c1-4-12(5-2,18-3)8-16-10-7-14-9(6-15-10)11(13)17/h6-7H,4-5,8H2,1-3H3,(H2,13,17)(H,15,16). The van der Waals surface area contributed by atoms with Crippen molar-refractivity contribution in [3.63, 3.8) is 0 Å². The second kappa shape index (κ2) is 6.89. The summed E-state index contributed by atoms with van der Waals surface area (Å²) < 4.78 is 0.253. The lowest BCUT2D eigenvalue weighted by Gasteiger charge is -2.29. The van der Waals surface area contributed by atoms with Crippen LogP contribution in [0.1, 0.15) is 32.4 Å². The van der Waals surface area contributed by atoms with Crippen LogP contribution in [0.2, 0.25) is 0 Å². The van der Waals surface area contributed by atoms with Gasteiger partial charge in [-0.15, -0.1) is 0 Å². The Balaban J connectivity index is 2.65. The van der Waals surface area contributed by atoms with Crippen LogP contribution in [0.25, 0.3) is 0 Å². The topological polar surface area (TPSA) is 63.8 Å². The molecule has 0 bridgehead atoms. The fourth-order valence-corrected chi connectivity index (χ4v) is 2.56. The second-order valence-corrected chi connectivity index (χ2v) is 5.81. The van der Waals surface area contributed by atoms with E-state index in [0.717, 1.165) is 25.2 Å². The van der Waals surface area contributed by atoms with E-state index in [1.807, 2.05) is 11.8 Å². The summed E-state index contributed by atoms with van der Waals surface area (Å²) in [5.41, 5.74) is 6.03. The van der Waals surface area contributed by atoms with E-state index in [9.17, 15) is 0 Å². The number of hydrogen-bond donors (Lipinski definition) is 2. The molecule has 0 atom stereocenters. The number of anilines is 1. The van der Waals surface area contributed by atoms with Crippen LogP contribution in [-0.4, -0.2) is 32.5 Å². The van der Waals surface area contributed by atoms with Gasteiger partial charge in [-0.1, -0.05) is 26.1 Å². The summed E-state index contributed by atoms with van der Waals surface area (Å²) in [6.07, 6.45) is 7.66. The lowest BCUT2D eigenvalue weighted by atomic mass is 10.0. The number of rotatable bonds is 7. The van der Waals surface area contributed by atoms with Gasteiger partial charge in [0.2, 0.25) is 0 Å². The molecule has 0 aliphatic heterocycles. The number of nitrogens with one attached hydrogen (secondary N) is 1. The van der Waals surface area contributed by atoms with Gasteiger partial charge >= 0.3 is 0 Å². The van der Waals surface area contributed by atoms with E-state index in [0.29, 0.717) is 5.69 Å². The molecule has 0 unspecified atom stereocenters. The van der Waals surface area contributed by atoms with Crippen molar-refractivity contribution in [1.82, 2.24) is 9.97 Å². The summed E-state index contributed by atoms with van der Waals surface area (Å²) in [6, 6.07) is 0. The third kappa shape index (κ3) is 3.81. The first-order valence-electron chi connectivity index (χ1n) is 5.97. The van der Waals surface area contributed by atoms with E-state index < -0.39 is 0 Å². The minimum atomic E-state index is 0.253. The molecule has 18 heavy (non-hydrogen) atoms. The van der Waals surface area contributed by atoms with Crippen molar-refractivity contribution in [3.8, 4) is 0 Å². The highest BCUT2D eigenvalue weighted by Crippen LogP contribution is 2.30. The van der Waals surface area contributed by atoms with E-state index >= 15 is 0 Å². The summed E-state index contributed by atoms with van der Waals surface area (Å²) in [5.74, 6) is 0.760. The Hall–Kier alpha value is -0.880. The van der Waals surface area contributed by atoms with Crippen LogP contribution in [0.4, 0.5) is 5.82 Å². The lowest BCUT2D eigenvalue weighted by molar-refractivity contribution is 0.574. The van der Waals surface area contributed by atoms with Gasteiger partial charge in [0.1, 0.15) is 16.5 Å². The van der Waals surface area contributed by atoms with Crippen molar-refractivity contribution in [2.24, 2.45) is 5.73 Å². The normalized spacial score (nSPS) is 11.3. The molecule has 0 fully saturated rings. The Kier molecular flexibility index (Phi) is 5.81. The summed E-state index contributed by atoms with van der Waals surface area (Å²) in [6.45, 7) is 5.30. The molecule has 4 nitrogen and oxygen atoms in total. The zero-order chi connectivity index (χ0) is 13.6. The fraction of sp³-hybridized carbons (Fsp3) is 0.583. The average Bonchev–Trinajstić information content (AvgIpc) is 2.41. The van der Waals surface area contributed by atoms with Crippen molar-refractivity contribution >= 4 is 34.8 Å². The van der Waals surface area contributed by atoms with E-state index in [-0.39, 0.29) is 9.74 Å². The predicted octanol–water partition coefficient (Wildman–Crippen LogP) is 2.44. The number of nitrogens with two attached hydrogens (primary N) is 1. The molecule has 0 aliphatic carbocycles. The smallest absolute Gasteiger partial charge is 0.144 e. The van der Waals surface area contributed by atoms with Crippen molar-refractivity contribution in [2.45, 2.75) is 31.4 Å². The highest BCUT2D eigenvalue weighted by atomic mass is 32.2. The Morgan fingerprint density at radius 1 is 1.39 bits per heavy atom. The highest BCUT2D eigenvalue weighted by Gasteiger charge is 2.24. The molecule has 6 heteroatoms. The molecule has 0 saturated heterocycles. The van der Waals surface area contributed by atoms with E-state index in [4.69, 9.17) is 18.0 Å². The molecular weight excluding hydrogens is 264 g/mol. The van der Waals surface area contributed by atoms with Crippen LogP contribution >= 0.6 is 24.0 Å². The van der Waals surface area contributed by atoms with E-state index in [1.54, 1.807) is 12.4 Å². The zero-order valence-corrected chi connectivity index (χ0v) is 12.7. The van der Waals surface area contributed by atoms with Gasteiger partial charge in [-0.25, -0.2) is 9.97 Å². The molecule has 100 valence electrons. The molecule has 1 rings (SSSR count). The lowest BCUT2D eigenvalue weighted by Crippen LogP contribution is -2.32. The number of hydrogen-bond acceptors (Lipinski definition) is 5. The minimum absolute atomic E-state index is 0.253. The predicted molar refractivity (Wildman–Crippen MR) is 83.2 cm³/mol. The van der Waals surface area contributed by atoms with Gasteiger partial charge in [-0.3, -0.25) is 0 Å². The van der Waals surface area contributed by atoms with E-state index in [1.165, 1.54) is 0 Å². The molecule has 0 spiro atoms. The minimum Gasteiger partial charge on any atom is -0.388 e. The van der Waals surface area contributed by atoms with Crippen LogP contribution in [-0.2, 0) is 0 Å². The maximum Gasteiger partial charge on any atom is 0.144 e. The molecule has 1 aromatic rings. The van der Waals surface area contributed by atoms with Gasteiger partial charge in [0.05, 0.1) is 12.4 Å². The molecule has 0 aromatic carbocycles. The first-order chi connectivity index (χ1) is 8.56. The Morgan fingerprint density at radius 3 is 2.44 bits per heavy atom.